The maximum Gasteiger partial charge on any atom is 0.159 e. The first-order valence-corrected chi connectivity index (χ1v) is 6.02. The van der Waals surface area contributed by atoms with Crippen molar-refractivity contribution < 1.29 is 9.47 Å². The van der Waals surface area contributed by atoms with E-state index in [2.05, 4.69) is 9.97 Å². The fourth-order valence-corrected chi connectivity index (χ4v) is 1.76. The van der Waals surface area contributed by atoms with E-state index in [-0.39, 0.29) is 0 Å². The molecule has 0 radical (unpaired) electrons. The van der Waals surface area contributed by atoms with Crippen molar-refractivity contribution in [2.75, 3.05) is 20.8 Å². The van der Waals surface area contributed by atoms with Gasteiger partial charge in [0.25, 0.3) is 0 Å². The molecule has 100 valence electrons. The van der Waals surface area contributed by atoms with Gasteiger partial charge in [0.2, 0.25) is 0 Å². The molecule has 5 heteroatoms. The predicted molar refractivity (Wildman–Crippen MR) is 73.3 cm³/mol. The summed E-state index contributed by atoms with van der Waals surface area (Å²) in [7, 11) is 3.23. The lowest BCUT2D eigenvalue weighted by Crippen LogP contribution is -2.05. The molecule has 5 nitrogen and oxygen atoms in total. The molecule has 0 spiro atoms. The molecule has 2 N–H and O–H groups in total. The second-order valence-electron chi connectivity index (χ2n) is 4.01. The van der Waals surface area contributed by atoms with Crippen molar-refractivity contribution in [1.82, 2.24) is 9.97 Å². The molecule has 0 aliphatic rings. The van der Waals surface area contributed by atoms with E-state index in [0.29, 0.717) is 23.9 Å². The van der Waals surface area contributed by atoms with Gasteiger partial charge < -0.3 is 15.2 Å². The third-order valence-electron chi connectivity index (χ3n) is 2.72. The largest absolute Gasteiger partial charge is 0.497 e. The van der Waals surface area contributed by atoms with E-state index in [1.165, 1.54) is 0 Å². The van der Waals surface area contributed by atoms with Crippen LogP contribution in [0.25, 0.3) is 11.4 Å². The van der Waals surface area contributed by atoms with E-state index in [1.54, 1.807) is 20.4 Å². The maximum absolute atomic E-state index is 5.54. The molecule has 0 saturated heterocycles. The van der Waals surface area contributed by atoms with Crippen molar-refractivity contribution in [2.45, 2.75) is 6.42 Å². The Morgan fingerprint density at radius 1 is 1.11 bits per heavy atom. The fourth-order valence-electron chi connectivity index (χ4n) is 1.76. The van der Waals surface area contributed by atoms with Crippen molar-refractivity contribution >= 4 is 0 Å². The first-order valence-electron chi connectivity index (χ1n) is 6.02. The Labute approximate surface area is 112 Å². The van der Waals surface area contributed by atoms with Gasteiger partial charge in [0.15, 0.2) is 5.82 Å². The van der Waals surface area contributed by atoms with Crippen molar-refractivity contribution in [3.63, 3.8) is 0 Å². The zero-order valence-corrected chi connectivity index (χ0v) is 11.1. The maximum atomic E-state index is 5.54. The number of aromatic nitrogens is 2. The lowest BCUT2D eigenvalue weighted by molar-refractivity contribution is 0.394. The Morgan fingerprint density at radius 2 is 1.79 bits per heavy atom. The summed E-state index contributed by atoms with van der Waals surface area (Å²) in [6.07, 6.45) is 2.47. The van der Waals surface area contributed by atoms with Gasteiger partial charge in [-0.3, -0.25) is 0 Å². The van der Waals surface area contributed by atoms with Crippen LogP contribution in [-0.2, 0) is 6.42 Å². The minimum absolute atomic E-state index is 0.567. The molecule has 0 unspecified atom stereocenters. The van der Waals surface area contributed by atoms with Crippen LogP contribution in [0.15, 0.2) is 30.5 Å². The SMILES string of the molecule is COc1cc(OC)cc(-c2nccc(CCN)n2)c1. The molecular weight excluding hydrogens is 242 g/mol. The van der Waals surface area contributed by atoms with Crippen LogP contribution >= 0.6 is 0 Å². The lowest BCUT2D eigenvalue weighted by atomic mass is 10.1. The van der Waals surface area contributed by atoms with Crippen LogP contribution in [0.3, 0.4) is 0 Å². The first kappa shape index (κ1) is 13.3. The van der Waals surface area contributed by atoms with Gasteiger partial charge in [-0.05, 0) is 24.7 Å². The summed E-state index contributed by atoms with van der Waals surface area (Å²) in [6, 6.07) is 7.44. The number of ether oxygens (including phenoxy) is 2. The van der Waals surface area contributed by atoms with Crippen LogP contribution in [-0.4, -0.2) is 30.7 Å². The normalized spacial score (nSPS) is 10.3. The summed E-state index contributed by atoms with van der Waals surface area (Å²) < 4.78 is 10.5. The second kappa shape index (κ2) is 6.15. The van der Waals surface area contributed by atoms with Crippen LogP contribution in [0.2, 0.25) is 0 Å². The van der Waals surface area contributed by atoms with E-state index >= 15 is 0 Å². The van der Waals surface area contributed by atoms with Crippen molar-refractivity contribution in [2.24, 2.45) is 5.73 Å². The van der Waals surface area contributed by atoms with Crippen molar-refractivity contribution in [1.29, 1.82) is 0 Å². The lowest BCUT2D eigenvalue weighted by Gasteiger charge is -2.08. The summed E-state index contributed by atoms with van der Waals surface area (Å²) in [4.78, 5) is 8.76. The quantitative estimate of drug-likeness (QED) is 0.884. The van der Waals surface area contributed by atoms with Crippen molar-refractivity contribution in [3.05, 3.63) is 36.2 Å². The van der Waals surface area contributed by atoms with E-state index in [9.17, 15) is 0 Å². The van der Waals surface area contributed by atoms with Crippen LogP contribution in [0.1, 0.15) is 5.69 Å². The summed E-state index contributed by atoms with van der Waals surface area (Å²) >= 11 is 0. The first-order chi connectivity index (χ1) is 9.26. The zero-order valence-electron chi connectivity index (χ0n) is 11.1. The van der Waals surface area contributed by atoms with E-state index in [1.807, 2.05) is 24.3 Å². The third kappa shape index (κ3) is 3.20. The summed E-state index contributed by atoms with van der Waals surface area (Å²) in [5.41, 5.74) is 7.32. The molecular formula is C14H17N3O2. The molecule has 2 rings (SSSR count). The summed E-state index contributed by atoms with van der Waals surface area (Å²) in [5, 5.41) is 0. The molecule has 1 heterocycles. The minimum atomic E-state index is 0.567. The Morgan fingerprint density at radius 3 is 2.37 bits per heavy atom. The molecule has 0 bridgehead atoms. The van der Waals surface area contributed by atoms with E-state index in [0.717, 1.165) is 17.7 Å². The molecule has 1 aromatic heterocycles. The number of nitrogens with two attached hydrogens (primary N) is 1. The number of benzene rings is 1. The Bertz CT molecular complexity index is 536. The highest BCUT2D eigenvalue weighted by Gasteiger charge is 2.07. The molecule has 2 aromatic rings. The van der Waals surface area contributed by atoms with Gasteiger partial charge >= 0.3 is 0 Å². The van der Waals surface area contributed by atoms with Crippen LogP contribution in [0, 0.1) is 0 Å². The van der Waals surface area contributed by atoms with Gasteiger partial charge in [-0.25, -0.2) is 9.97 Å². The molecule has 19 heavy (non-hydrogen) atoms. The van der Waals surface area contributed by atoms with Gasteiger partial charge in [-0.1, -0.05) is 0 Å². The highest BCUT2D eigenvalue weighted by molar-refractivity contribution is 5.60. The van der Waals surface area contributed by atoms with Gasteiger partial charge in [0.1, 0.15) is 11.5 Å². The predicted octanol–water partition coefficient (Wildman–Crippen LogP) is 1.66. The van der Waals surface area contributed by atoms with Crippen LogP contribution in [0.4, 0.5) is 0 Å². The molecule has 0 aliphatic carbocycles. The highest BCUT2D eigenvalue weighted by Crippen LogP contribution is 2.27. The second-order valence-corrected chi connectivity index (χ2v) is 4.01. The number of methoxy groups -OCH3 is 2. The fraction of sp³-hybridized carbons (Fsp3) is 0.286. The Kier molecular flexibility index (Phi) is 4.30. The molecule has 0 amide bonds. The zero-order chi connectivity index (χ0) is 13.7. The average molecular weight is 259 g/mol. The monoisotopic (exact) mass is 259 g/mol. The molecule has 1 aromatic carbocycles. The van der Waals surface area contributed by atoms with Crippen LogP contribution in [0.5, 0.6) is 11.5 Å². The number of hydrogen-bond acceptors (Lipinski definition) is 5. The topological polar surface area (TPSA) is 70.3 Å². The van der Waals surface area contributed by atoms with E-state index < -0.39 is 0 Å². The summed E-state index contributed by atoms with van der Waals surface area (Å²) in [6.45, 7) is 0.567. The van der Waals surface area contributed by atoms with Gasteiger partial charge in [-0.15, -0.1) is 0 Å². The van der Waals surface area contributed by atoms with E-state index in [4.69, 9.17) is 15.2 Å². The smallest absolute Gasteiger partial charge is 0.159 e. The van der Waals surface area contributed by atoms with Crippen molar-refractivity contribution in [3.8, 4) is 22.9 Å². The molecule has 0 aliphatic heterocycles. The van der Waals surface area contributed by atoms with Gasteiger partial charge in [0.05, 0.1) is 14.2 Å². The third-order valence-corrected chi connectivity index (χ3v) is 2.72. The number of hydrogen-bond donors (Lipinski definition) is 1. The van der Waals surface area contributed by atoms with Gasteiger partial charge in [0, 0.05) is 29.9 Å². The molecule has 0 saturated carbocycles. The Balaban J connectivity index is 2.42. The van der Waals surface area contributed by atoms with Crippen LogP contribution < -0.4 is 15.2 Å². The molecule has 0 fully saturated rings. The van der Waals surface area contributed by atoms with Gasteiger partial charge in [-0.2, -0.15) is 0 Å². The standard InChI is InChI=1S/C14H17N3O2/c1-18-12-7-10(8-13(9-12)19-2)14-16-6-4-11(17-14)3-5-15/h4,6-9H,3,5,15H2,1-2H3. The highest BCUT2D eigenvalue weighted by atomic mass is 16.5. The number of nitrogens with zero attached hydrogens (tertiary/aromatic N) is 2. The number of rotatable bonds is 5. The summed E-state index contributed by atoms with van der Waals surface area (Å²) in [5.74, 6) is 2.06. The minimum Gasteiger partial charge on any atom is -0.497 e. The molecule has 0 atom stereocenters. The average Bonchev–Trinajstić information content (AvgIpc) is 2.47. The Hall–Kier alpha value is -2.14.